The first-order valence-electron chi connectivity index (χ1n) is 13.9. The fourth-order valence-corrected chi connectivity index (χ4v) is 6.28. The molecule has 4 rings (SSSR count). The summed E-state index contributed by atoms with van der Waals surface area (Å²) in [6, 6.07) is 6.96. The van der Waals surface area contributed by atoms with E-state index in [9.17, 15) is 30.2 Å². The summed E-state index contributed by atoms with van der Waals surface area (Å²) >= 11 is 13.2. The molecule has 13 heteroatoms. The van der Waals surface area contributed by atoms with Gasteiger partial charge >= 0.3 is 5.97 Å². The number of halogens is 2. The molecule has 2 aliphatic heterocycles. The zero-order chi connectivity index (χ0) is 30.4. The number of benzene rings is 2. The quantitative estimate of drug-likeness (QED) is 0.136. The van der Waals surface area contributed by atoms with Crippen molar-refractivity contribution in [1.29, 1.82) is 5.26 Å². The minimum atomic E-state index is -1.29. The predicted molar refractivity (Wildman–Crippen MR) is 158 cm³/mol. The average molecular weight is 620 g/mol. The number of carboxylic acid groups (broad SMARTS) is 1. The van der Waals surface area contributed by atoms with Crippen molar-refractivity contribution >= 4 is 35.1 Å². The highest BCUT2D eigenvalue weighted by atomic mass is 35.5. The monoisotopic (exact) mass is 618 g/mol. The number of nitrogens with one attached hydrogen (secondary N) is 2. The van der Waals surface area contributed by atoms with Gasteiger partial charge in [-0.1, -0.05) is 35.3 Å². The molecule has 0 aliphatic carbocycles. The third kappa shape index (κ3) is 7.64. The molecule has 2 aromatic rings. The van der Waals surface area contributed by atoms with Crippen LogP contribution < -0.4 is 10.6 Å². The number of fused-ring (bicyclic) bond motifs is 1. The fraction of sp³-hybridized carbons (Fsp3) is 0.483. The van der Waals surface area contributed by atoms with E-state index in [0.717, 1.165) is 37.1 Å². The van der Waals surface area contributed by atoms with E-state index in [0.29, 0.717) is 38.0 Å². The van der Waals surface area contributed by atoms with E-state index < -0.39 is 30.3 Å². The number of hydrogen-bond donors (Lipinski definition) is 5. The SMILES string of the molecule is CN(C#N)C(NC[C@H](NC(=O)c1c(Cl)cc2c(c1Cl)CCN(CCC(O)c1cccc(O)c1)C2)C(=O)O)N1CCCC1. The van der Waals surface area contributed by atoms with E-state index in [1.54, 1.807) is 37.4 Å². The van der Waals surface area contributed by atoms with Gasteiger partial charge in [0.15, 0.2) is 6.19 Å². The Labute approximate surface area is 255 Å². The number of aliphatic hydroxyl groups excluding tert-OH is 1. The molecular formula is C29H36Cl2N6O5. The first kappa shape index (κ1) is 31.8. The van der Waals surface area contributed by atoms with Crippen molar-refractivity contribution in [1.82, 2.24) is 25.3 Å². The molecule has 226 valence electrons. The molecule has 2 unspecified atom stereocenters. The Balaban J connectivity index is 1.40. The Morgan fingerprint density at radius 2 is 1.93 bits per heavy atom. The number of nitrogens with zero attached hydrogens (tertiary/aromatic N) is 4. The van der Waals surface area contributed by atoms with Gasteiger partial charge in [0, 0.05) is 46.3 Å². The van der Waals surface area contributed by atoms with E-state index in [4.69, 9.17) is 23.2 Å². The van der Waals surface area contributed by atoms with Gasteiger partial charge in [0.1, 0.15) is 18.1 Å². The highest BCUT2D eigenvalue weighted by Gasteiger charge is 2.30. The molecule has 0 spiro atoms. The zero-order valence-corrected chi connectivity index (χ0v) is 24.9. The number of aliphatic hydroxyl groups is 1. The number of aromatic hydroxyl groups is 1. The smallest absolute Gasteiger partial charge is 0.327 e. The van der Waals surface area contributed by atoms with Crippen LogP contribution in [0.25, 0.3) is 0 Å². The van der Waals surface area contributed by atoms with Gasteiger partial charge in [-0.2, -0.15) is 5.26 Å². The normalized spacial score (nSPS) is 17.6. The Morgan fingerprint density at radius 1 is 1.19 bits per heavy atom. The lowest BCUT2D eigenvalue weighted by Gasteiger charge is -2.33. The van der Waals surface area contributed by atoms with Gasteiger partial charge in [0.25, 0.3) is 5.91 Å². The summed E-state index contributed by atoms with van der Waals surface area (Å²) in [6.45, 7) is 3.22. The maximum Gasteiger partial charge on any atom is 0.327 e. The maximum atomic E-state index is 13.3. The molecule has 2 heterocycles. The number of nitriles is 1. The number of carbonyl (C=O) groups excluding carboxylic acids is 1. The van der Waals surface area contributed by atoms with Gasteiger partial charge < -0.3 is 20.6 Å². The van der Waals surface area contributed by atoms with Crippen LogP contribution in [0.1, 0.15) is 52.4 Å². The van der Waals surface area contributed by atoms with Crippen LogP contribution in [0.2, 0.25) is 10.0 Å². The van der Waals surface area contributed by atoms with Crippen molar-refractivity contribution in [3.8, 4) is 11.9 Å². The van der Waals surface area contributed by atoms with Crippen LogP contribution in [-0.4, -0.2) is 94.0 Å². The van der Waals surface area contributed by atoms with Crippen LogP contribution in [-0.2, 0) is 17.8 Å². The Hall–Kier alpha value is -3.11. The molecule has 0 bridgehead atoms. The van der Waals surface area contributed by atoms with Crippen molar-refractivity contribution in [2.24, 2.45) is 0 Å². The topological polar surface area (TPSA) is 152 Å². The summed E-state index contributed by atoms with van der Waals surface area (Å²) in [5, 5.41) is 45.4. The van der Waals surface area contributed by atoms with Crippen molar-refractivity contribution in [2.45, 2.75) is 50.7 Å². The summed E-state index contributed by atoms with van der Waals surface area (Å²) in [6.07, 6.45) is 3.85. The van der Waals surface area contributed by atoms with Crippen LogP contribution in [0.3, 0.4) is 0 Å². The van der Waals surface area contributed by atoms with Gasteiger partial charge in [-0.25, -0.2) is 4.79 Å². The minimum absolute atomic E-state index is 0.0290. The lowest BCUT2D eigenvalue weighted by molar-refractivity contribution is -0.139. The Bertz CT molecular complexity index is 1330. The molecule has 2 aromatic carbocycles. The second-order valence-corrected chi connectivity index (χ2v) is 11.5. The highest BCUT2D eigenvalue weighted by molar-refractivity contribution is 6.40. The first-order chi connectivity index (χ1) is 20.1. The third-order valence-corrected chi connectivity index (χ3v) is 8.52. The standard InChI is InChI=1S/C29H36Cl2N6O5/c1-35(17-32)29(37-9-2-3-10-37)33-15-23(28(41)42)34-27(40)25-22(30)14-19-16-36(11-7-21(19)26(25)31)12-8-24(39)18-5-4-6-20(38)13-18/h4-6,13-14,23-24,29,33,38-39H,2-3,7-12,15-16H2,1H3,(H,34,40)(H,41,42)/t23-,24?,29?/m0/s1. The number of rotatable bonds is 12. The van der Waals surface area contributed by atoms with Gasteiger partial charge in [-0.05, 0) is 60.6 Å². The number of amides is 1. The number of carbonyl (C=O) groups is 2. The Kier molecular flexibility index (Phi) is 10.9. The second-order valence-electron chi connectivity index (χ2n) is 10.7. The molecule has 1 amide bonds. The number of phenols is 1. The van der Waals surface area contributed by atoms with E-state index in [1.165, 1.54) is 4.90 Å². The number of aliphatic carboxylic acids is 1. The second kappa shape index (κ2) is 14.4. The Morgan fingerprint density at radius 3 is 2.60 bits per heavy atom. The minimum Gasteiger partial charge on any atom is -0.508 e. The number of likely N-dealkylation sites (tertiary alicyclic amines) is 1. The zero-order valence-electron chi connectivity index (χ0n) is 23.4. The summed E-state index contributed by atoms with van der Waals surface area (Å²) in [4.78, 5) is 30.9. The molecule has 3 atom stereocenters. The van der Waals surface area contributed by atoms with E-state index >= 15 is 0 Å². The van der Waals surface area contributed by atoms with Crippen molar-refractivity contribution in [3.63, 3.8) is 0 Å². The molecule has 1 saturated heterocycles. The molecule has 11 nitrogen and oxygen atoms in total. The van der Waals surface area contributed by atoms with Gasteiger partial charge in [-0.15, -0.1) is 0 Å². The van der Waals surface area contributed by atoms with E-state index in [-0.39, 0.29) is 27.9 Å². The summed E-state index contributed by atoms with van der Waals surface area (Å²) in [5.74, 6) is -1.82. The van der Waals surface area contributed by atoms with Crippen molar-refractivity contribution in [3.05, 3.63) is 62.6 Å². The van der Waals surface area contributed by atoms with Gasteiger partial charge in [0.05, 0.1) is 21.7 Å². The molecule has 0 radical (unpaired) electrons. The van der Waals surface area contributed by atoms with E-state index in [1.807, 2.05) is 0 Å². The summed E-state index contributed by atoms with van der Waals surface area (Å²) in [5.41, 5.74) is 2.32. The molecular weight excluding hydrogens is 583 g/mol. The lowest BCUT2D eigenvalue weighted by atomic mass is 9.96. The fourth-order valence-electron chi connectivity index (χ4n) is 5.52. The number of phenolic OH excluding ortho intramolecular Hbond substituents is 1. The van der Waals surface area contributed by atoms with Crippen molar-refractivity contribution < 1.29 is 24.9 Å². The van der Waals surface area contributed by atoms with Crippen LogP contribution in [0.5, 0.6) is 5.75 Å². The predicted octanol–water partition coefficient (Wildman–Crippen LogP) is 2.75. The highest BCUT2D eigenvalue weighted by Crippen LogP contribution is 2.35. The summed E-state index contributed by atoms with van der Waals surface area (Å²) in [7, 11) is 1.62. The number of carboxylic acids is 1. The van der Waals surface area contributed by atoms with Gasteiger partial charge in [0.2, 0.25) is 0 Å². The third-order valence-electron chi connectivity index (χ3n) is 7.80. The molecule has 42 heavy (non-hydrogen) atoms. The molecule has 0 aromatic heterocycles. The van der Waals surface area contributed by atoms with Crippen LogP contribution in [0, 0.1) is 11.5 Å². The van der Waals surface area contributed by atoms with Crippen LogP contribution in [0.4, 0.5) is 0 Å². The van der Waals surface area contributed by atoms with E-state index in [2.05, 4.69) is 26.6 Å². The lowest BCUT2D eigenvalue weighted by Crippen LogP contribution is -2.57. The molecule has 5 N–H and O–H groups in total. The van der Waals surface area contributed by atoms with Gasteiger partial charge in [-0.3, -0.25) is 24.8 Å². The van der Waals surface area contributed by atoms with Crippen LogP contribution >= 0.6 is 23.2 Å². The first-order valence-corrected chi connectivity index (χ1v) is 14.7. The number of hydrogen-bond acceptors (Lipinski definition) is 9. The summed E-state index contributed by atoms with van der Waals surface area (Å²) < 4.78 is 0. The largest absolute Gasteiger partial charge is 0.508 e. The molecule has 0 saturated carbocycles. The van der Waals surface area contributed by atoms with Crippen molar-refractivity contribution in [2.75, 3.05) is 39.8 Å². The maximum absolute atomic E-state index is 13.3. The average Bonchev–Trinajstić information content (AvgIpc) is 3.49. The molecule has 2 aliphatic rings. The molecule has 1 fully saturated rings. The van der Waals surface area contributed by atoms with Crippen LogP contribution in [0.15, 0.2) is 30.3 Å².